The number of aryl methyl sites for hydroxylation is 2. The summed E-state index contributed by atoms with van der Waals surface area (Å²) in [4.78, 5) is 29.8. The monoisotopic (exact) mass is 411 g/mol. The number of ketones is 1. The van der Waals surface area contributed by atoms with Crippen molar-refractivity contribution in [2.24, 2.45) is 0 Å². The average molecular weight is 411 g/mol. The van der Waals surface area contributed by atoms with Crippen molar-refractivity contribution in [3.63, 3.8) is 0 Å². The van der Waals surface area contributed by atoms with E-state index in [9.17, 15) is 9.59 Å². The summed E-state index contributed by atoms with van der Waals surface area (Å²) >= 11 is 0. The van der Waals surface area contributed by atoms with E-state index < -0.39 is 18.4 Å². The molecule has 5 heteroatoms. The highest BCUT2D eigenvalue weighted by Crippen LogP contribution is 2.29. The van der Waals surface area contributed by atoms with E-state index in [0.29, 0.717) is 17.1 Å². The molecular weight excluding hydrogens is 390 g/mol. The molecule has 4 rings (SSSR count). The van der Waals surface area contributed by atoms with Crippen LogP contribution in [-0.4, -0.2) is 23.3 Å². The van der Waals surface area contributed by atoms with Crippen LogP contribution in [0.1, 0.15) is 32.0 Å². The molecule has 0 atom stereocenters. The Bertz CT molecular complexity index is 1210. The summed E-state index contributed by atoms with van der Waals surface area (Å²) in [7, 11) is 0. The number of hydrogen-bond donors (Lipinski definition) is 0. The number of carbonyl (C=O) groups excluding carboxylic acids is 2. The molecule has 154 valence electrons. The van der Waals surface area contributed by atoms with E-state index in [1.54, 1.807) is 12.1 Å². The van der Waals surface area contributed by atoms with E-state index in [1.807, 2.05) is 80.6 Å². The maximum Gasteiger partial charge on any atom is 0.338 e. The van der Waals surface area contributed by atoms with Gasteiger partial charge in [-0.15, -0.1) is 0 Å². The van der Waals surface area contributed by atoms with Gasteiger partial charge < -0.3 is 9.15 Å². The van der Waals surface area contributed by atoms with E-state index in [0.717, 1.165) is 22.3 Å². The van der Waals surface area contributed by atoms with Gasteiger partial charge in [-0.25, -0.2) is 9.78 Å². The molecule has 0 unspecified atom stereocenters. The number of carbonyl (C=O) groups is 2. The van der Waals surface area contributed by atoms with Crippen molar-refractivity contribution in [2.75, 3.05) is 6.61 Å². The van der Waals surface area contributed by atoms with Crippen molar-refractivity contribution in [3.8, 4) is 22.7 Å². The van der Waals surface area contributed by atoms with Crippen LogP contribution in [0.15, 0.2) is 83.3 Å². The van der Waals surface area contributed by atoms with Crippen LogP contribution < -0.4 is 0 Å². The number of aromatic nitrogens is 1. The van der Waals surface area contributed by atoms with Crippen LogP contribution in [0, 0.1) is 13.8 Å². The minimum Gasteiger partial charge on any atom is -0.454 e. The first kappa shape index (κ1) is 20.3. The zero-order chi connectivity index (χ0) is 21.8. The van der Waals surface area contributed by atoms with Crippen molar-refractivity contribution in [1.29, 1.82) is 0 Å². The maximum atomic E-state index is 12.9. The lowest BCUT2D eigenvalue weighted by molar-refractivity contribution is 0.0468. The molecule has 0 aliphatic carbocycles. The zero-order valence-electron chi connectivity index (χ0n) is 17.3. The van der Waals surface area contributed by atoms with E-state index in [1.165, 1.54) is 0 Å². The zero-order valence-corrected chi connectivity index (χ0v) is 17.3. The highest BCUT2D eigenvalue weighted by Gasteiger charge is 2.23. The Labute approximate surface area is 180 Å². The number of nitrogens with zero attached hydrogens (tertiary/aromatic N) is 1. The number of ether oxygens (including phenoxy) is 1. The summed E-state index contributed by atoms with van der Waals surface area (Å²) < 4.78 is 11.1. The van der Waals surface area contributed by atoms with Crippen molar-refractivity contribution >= 4 is 11.8 Å². The third-order valence-electron chi connectivity index (χ3n) is 4.85. The average Bonchev–Trinajstić information content (AvgIpc) is 3.24. The van der Waals surface area contributed by atoms with Crippen molar-refractivity contribution in [3.05, 3.63) is 101 Å². The highest BCUT2D eigenvalue weighted by molar-refractivity contribution is 6.01. The Balaban J connectivity index is 1.61. The lowest BCUT2D eigenvalue weighted by Gasteiger charge is -2.04. The van der Waals surface area contributed by atoms with Gasteiger partial charge in [0.1, 0.15) is 5.69 Å². The molecule has 0 spiro atoms. The van der Waals surface area contributed by atoms with Gasteiger partial charge in [-0.2, -0.15) is 0 Å². The molecule has 0 N–H and O–H groups in total. The summed E-state index contributed by atoms with van der Waals surface area (Å²) in [6.45, 7) is 3.49. The number of Topliss-reactive ketones (excluding diaryl/α,β-unsaturated/α-hetero) is 1. The van der Waals surface area contributed by atoms with Gasteiger partial charge in [0, 0.05) is 11.1 Å². The Hall–Kier alpha value is -3.99. The molecule has 0 aliphatic rings. The topological polar surface area (TPSA) is 69.4 Å². The second-order valence-corrected chi connectivity index (χ2v) is 7.29. The third-order valence-corrected chi connectivity index (χ3v) is 4.85. The second-order valence-electron chi connectivity index (χ2n) is 7.29. The molecule has 0 aliphatic heterocycles. The maximum absolute atomic E-state index is 12.9. The van der Waals surface area contributed by atoms with Gasteiger partial charge in [0.15, 0.2) is 6.61 Å². The van der Waals surface area contributed by atoms with Gasteiger partial charge in [0.05, 0.1) is 5.56 Å². The van der Waals surface area contributed by atoms with Crippen LogP contribution >= 0.6 is 0 Å². The minimum atomic E-state index is -0.562. The highest BCUT2D eigenvalue weighted by atomic mass is 16.5. The molecule has 1 aromatic heterocycles. The minimum absolute atomic E-state index is 0.0680. The van der Waals surface area contributed by atoms with Gasteiger partial charge in [-0.05, 0) is 38.1 Å². The SMILES string of the molecule is Cc1ccc(C(=O)OCC(=O)c2oc(-c3ccc(C)cc3)nc2-c2ccccc2)cc1. The lowest BCUT2D eigenvalue weighted by atomic mass is 10.1. The molecular formula is C26H21NO4. The van der Waals surface area contributed by atoms with Gasteiger partial charge in [-0.1, -0.05) is 65.7 Å². The smallest absolute Gasteiger partial charge is 0.338 e. The van der Waals surface area contributed by atoms with Gasteiger partial charge in [0.2, 0.25) is 17.4 Å². The first-order valence-corrected chi connectivity index (χ1v) is 9.91. The summed E-state index contributed by atoms with van der Waals surface area (Å²) in [6, 6.07) is 24.0. The molecule has 31 heavy (non-hydrogen) atoms. The standard InChI is InChI=1S/C26H21NO4/c1-17-8-12-20(13-9-17)25-27-23(19-6-4-3-5-7-19)24(31-25)22(28)16-30-26(29)21-14-10-18(2)11-15-21/h3-15H,16H2,1-2H3. The number of esters is 1. The first-order chi connectivity index (χ1) is 15.0. The fraction of sp³-hybridized carbons (Fsp3) is 0.115. The number of hydrogen-bond acceptors (Lipinski definition) is 5. The van der Waals surface area contributed by atoms with Gasteiger partial charge >= 0.3 is 5.97 Å². The Morgan fingerprint density at radius 1 is 0.806 bits per heavy atom. The van der Waals surface area contributed by atoms with Gasteiger partial charge in [0.25, 0.3) is 0 Å². The van der Waals surface area contributed by atoms with Crippen LogP contribution in [0.2, 0.25) is 0 Å². The molecule has 0 bridgehead atoms. The molecule has 5 nitrogen and oxygen atoms in total. The molecule has 4 aromatic rings. The number of rotatable bonds is 6. The second kappa shape index (κ2) is 8.79. The van der Waals surface area contributed by atoms with Crippen molar-refractivity contribution in [1.82, 2.24) is 4.98 Å². The number of benzene rings is 3. The Morgan fingerprint density at radius 2 is 1.42 bits per heavy atom. The first-order valence-electron chi connectivity index (χ1n) is 9.91. The van der Waals surface area contributed by atoms with E-state index in [4.69, 9.17) is 9.15 Å². The van der Waals surface area contributed by atoms with Crippen molar-refractivity contribution in [2.45, 2.75) is 13.8 Å². The predicted octanol–water partition coefficient (Wildman–Crippen LogP) is 5.67. The summed E-state index contributed by atoms with van der Waals surface area (Å²) in [5.74, 6) is -0.608. The molecule has 0 saturated carbocycles. The quantitative estimate of drug-likeness (QED) is 0.302. The molecule has 0 amide bonds. The van der Waals surface area contributed by atoms with E-state index in [-0.39, 0.29) is 5.76 Å². The van der Waals surface area contributed by atoms with Crippen molar-refractivity contribution < 1.29 is 18.7 Å². The fourth-order valence-electron chi connectivity index (χ4n) is 3.09. The summed E-state index contributed by atoms with van der Waals surface area (Å²) in [5.41, 5.74) is 4.46. The largest absolute Gasteiger partial charge is 0.454 e. The molecule has 3 aromatic carbocycles. The molecule has 0 radical (unpaired) electrons. The van der Waals surface area contributed by atoms with Crippen LogP contribution in [0.4, 0.5) is 0 Å². The fourth-order valence-corrected chi connectivity index (χ4v) is 3.09. The third kappa shape index (κ3) is 4.61. The van der Waals surface area contributed by atoms with Gasteiger partial charge in [-0.3, -0.25) is 4.79 Å². The summed E-state index contributed by atoms with van der Waals surface area (Å²) in [6.07, 6.45) is 0. The predicted molar refractivity (Wildman–Crippen MR) is 118 cm³/mol. The van der Waals surface area contributed by atoms with Crippen LogP contribution in [0.5, 0.6) is 0 Å². The molecule has 1 heterocycles. The van der Waals surface area contributed by atoms with E-state index >= 15 is 0 Å². The number of oxazole rings is 1. The molecule has 0 fully saturated rings. The van der Waals surface area contributed by atoms with Crippen LogP contribution in [-0.2, 0) is 4.74 Å². The Kier molecular flexibility index (Phi) is 5.76. The normalized spacial score (nSPS) is 10.6. The Morgan fingerprint density at radius 3 is 2.06 bits per heavy atom. The van der Waals surface area contributed by atoms with Crippen LogP contribution in [0.25, 0.3) is 22.7 Å². The summed E-state index contributed by atoms with van der Waals surface area (Å²) in [5, 5.41) is 0. The molecule has 0 saturated heterocycles. The lowest BCUT2D eigenvalue weighted by Crippen LogP contribution is -2.14. The van der Waals surface area contributed by atoms with Crippen LogP contribution in [0.3, 0.4) is 0 Å². The van der Waals surface area contributed by atoms with E-state index in [2.05, 4.69) is 4.98 Å².